The summed E-state index contributed by atoms with van der Waals surface area (Å²) in [6.45, 7) is 7.67. The van der Waals surface area contributed by atoms with Crippen molar-refractivity contribution in [3.8, 4) is 0 Å². The Morgan fingerprint density at radius 2 is 1.64 bits per heavy atom. The lowest BCUT2D eigenvalue weighted by atomic mass is 9.41. The van der Waals surface area contributed by atoms with Gasteiger partial charge in [0.2, 0.25) is 10.0 Å². The molecule has 1 aromatic carbocycles. The van der Waals surface area contributed by atoms with Crippen molar-refractivity contribution < 1.29 is 18.6 Å². The van der Waals surface area contributed by atoms with Crippen molar-refractivity contribution in [1.82, 2.24) is 4.72 Å². The summed E-state index contributed by atoms with van der Waals surface area (Å²) < 4.78 is 28.0. The van der Waals surface area contributed by atoms with Gasteiger partial charge in [-0.15, -0.1) is 0 Å². The van der Waals surface area contributed by atoms with E-state index in [2.05, 4.69) is 25.5 Å². The van der Waals surface area contributed by atoms with Gasteiger partial charge in [0.25, 0.3) is 0 Å². The van der Waals surface area contributed by atoms with Crippen LogP contribution in [0.15, 0.2) is 35.2 Å². The molecule has 0 aromatic heterocycles. The quantitative estimate of drug-likeness (QED) is 0.424. The van der Waals surface area contributed by atoms with E-state index >= 15 is 0 Å². The summed E-state index contributed by atoms with van der Waals surface area (Å²) in [6.07, 6.45) is 10.1. The highest BCUT2D eigenvalue weighted by atomic mass is 32.2. The van der Waals surface area contributed by atoms with E-state index in [0.29, 0.717) is 46.9 Å². The van der Waals surface area contributed by atoms with Gasteiger partial charge in [0.15, 0.2) is 0 Å². The Hall–Kier alpha value is -0.950. The number of benzene rings is 1. The summed E-state index contributed by atoms with van der Waals surface area (Å²) in [5, 5.41) is 22.3. The predicted octanol–water partition coefficient (Wildman–Crippen LogP) is 5.37. The summed E-state index contributed by atoms with van der Waals surface area (Å²) >= 11 is 0. The molecule has 4 fully saturated rings. The van der Waals surface area contributed by atoms with Crippen molar-refractivity contribution in [2.24, 2.45) is 46.3 Å². The standard InChI is InChI=1S/C30H47NO4S/c1-4-23-26-19-21(32)14-16-30(26,3)25-15-17-29(2)20(12-13-24(29)27(25)28(23)33)9-8-18-31-36(34,35)22-10-6-5-7-11-22/h5-7,10-11,20-21,23-28,31-33H,4,8-9,12-19H2,1-3H3/t20?,21-,23-,24+,25+,26?,27+,28-,29?,30?/m1/s1. The molecule has 4 aliphatic rings. The minimum absolute atomic E-state index is 0.204. The number of sulfonamides is 1. The molecule has 4 saturated carbocycles. The van der Waals surface area contributed by atoms with E-state index in [0.717, 1.165) is 38.5 Å². The van der Waals surface area contributed by atoms with E-state index < -0.39 is 10.0 Å². The highest BCUT2D eigenvalue weighted by Crippen LogP contribution is 2.69. The molecule has 5 nitrogen and oxygen atoms in total. The van der Waals surface area contributed by atoms with Gasteiger partial charge in [-0.1, -0.05) is 45.4 Å². The van der Waals surface area contributed by atoms with Crippen LogP contribution in [-0.2, 0) is 10.0 Å². The minimum atomic E-state index is -3.45. The van der Waals surface area contributed by atoms with Gasteiger partial charge in [0.1, 0.15) is 0 Å². The first kappa shape index (κ1) is 26.6. The average Bonchev–Trinajstić information content (AvgIpc) is 3.20. The molecular formula is C30H47NO4S. The van der Waals surface area contributed by atoms with Crippen LogP contribution in [0.3, 0.4) is 0 Å². The number of aliphatic hydroxyl groups excluding tert-OH is 2. The molecule has 3 N–H and O–H groups in total. The minimum Gasteiger partial charge on any atom is -0.393 e. The highest BCUT2D eigenvalue weighted by molar-refractivity contribution is 7.89. The fraction of sp³-hybridized carbons (Fsp3) is 0.800. The maximum absolute atomic E-state index is 12.6. The second-order valence-corrected chi connectivity index (χ2v) is 14.8. The van der Waals surface area contributed by atoms with Crippen LogP contribution in [0.1, 0.15) is 85.0 Å². The molecule has 0 aliphatic heterocycles. The predicted molar refractivity (Wildman–Crippen MR) is 143 cm³/mol. The number of hydrogen-bond donors (Lipinski definition) is 3. The fourth-order valence-electron chi connectivity index (χ4n) is 9.78. The van der Waals surface area contributed by atoms with E-state index in [4.69, 9.17) is 0 Å². The number of nitrogens with one attached hydrogen (secondary N) is 1. The molecule has 0 heterocycles. The first-order valence-electron chi connectivity index (χ1n) is 14.5. The molecule has 0 spiro atoms. The van der Waals surface area contributed by atoms with E-state index in [-0.39, 0.29) is 23.0 Å². The van der Waals surface area contributed by atoms with Crippen LogP contribution in [0, 0.1) is 46.3 Å². The number of hydrogen-bond acceptors (Lipinski definition) is 4. The number of aliphatic hydroxyl groups is 2. The summed E-state index contributed by atoms with van der Waals surface area (Å²) in [5.74, 6) is 2.79. The van der Waals surface area contributed by atoms with Crippen LogP contribution in [0.2, 0.25) is 0 Å². The van der Waals surface area contributed by atoms with Crippen LogP contribution < -0.4 is 4.72 Å². The van der Waals surface area contributed by atoms with Crippen molar-refractivity contribution in [3.05, 3.63) is 30.3 Å². The molecule has 4 aliphatic carbocycles. The van der Waals surface area contributed by atoms with Crippen molar-refractivity contribution in [3.63, 3.8) is 0 Å². The average molecular weight is 518 g/mol. The SMILES string of the molecule is CC[C@@H]1C2C[C@H](O)CCC2(C)[C@H]2CCC3(C)C(CCCNS(=O)(=O)c4ccccc4)CC[C@H]3[C@@H]2[C@@H]1O. The van der Waals surface area contributed by atoms with Crippen LogP contribution in [0.4, 0.5) is 0 Å². The smallest absolute Gasteiger partial charge is 0.240 e. The molecule has 10 atom stereocenters. The van der Waals surface area contributed by atoms with Gasteiger partial charge in [-0.3, -0.25) is 0 Å². The lowest BCUT2D eigenvalue weighted by Crippen LogP contribution is -2.62. The molecule has 1 aromatic rings. The molecule has 6 heteroatoms. The van der Waals surface area contributed by atoms with Gasteiger partial charge in [0.05, 0.1) is 17.1 Å². The van der Waals surface area contributed by atoms with E-state index in [9.17, 15) is 18.6 Å². The Balaban J connectivity index is 1.26. The Morgan fingerprint density at radius 1 is 0.944 bits per heavy atom. The first-order valence-corrected chi connectivity index (χ1v) is 16.0. The van der Waals surface area contributed by atoms with Gasteiger partial charge in [0, 0.05) is 6.54 Å². The highest BCUT2D eigenvalue weighted by Gasteiger charge is 2.64. The van der Waals surface area contributed by atoms with Gasteiger partial charge >= 0.3 is 0 Å². The molecule has 4 unspecified atom stereocenters. The van der Waals surface area contributed by atoms with Crippen LogP contribution in [0.5, 0.6) is 0 Å². The normalized spacial score (nSPS) is 44.5. The van der Waals surface area contributed by atoms with Crippen LogP contribution >= 0.6 is 0 Å². The molecular weight excluding hydrogens is 470 g/mol. The third-order valence-corrected chi connectivity index (χ3v) is 13.1. The largest absolute Gasteiger partial charge is 0.393 e. The molecule has 0 bridgehead atoms. The second kappa shape index (κ2) is 9.98. The summed E-state index contributed by atoms with van der Waals surface area (Å²) in [5.41, 5.74) is 0.467. The van der Waals surface area contributed by atoms with Crippen molar-refractivity contribution in [1.29, 1.82) is 0 Å². The molecule has 5 rings (SSSR count). The van der Waals surface area contributed by atoms with E-state index in [1.165, 1.54) is 25.7 Å². The topological polar surface area (TPSA) is 86.6 Å². The van der Waals surface area contributed by atoms with Gasteiger partial charge < -0.3 is 10.2 Å². The zero-order valence-corrected chi connectivity index (χ0v) is 23.2. The molecule has 0 saturated heterocycles. The van der Waals surface area contributed by atoms with Crippen LogP contribution in [0.25, 0.3) is 0 Å². The van der Waals surface area contributed by atoms with Gasteiger partial charge in [-0.25, -0.2) is 13.1 Å². The van der Waals surface area contributed by atoms with Gasteiger partial charge in [-0.05, 0) is 116 Å². The molecule has 0 radical (unpaired) electrons. The van der Waals surface area contributed by atoms with Crippen molar-refractivity contribution >= 4 is 10.0 Å². The Morgan fingerprint density at radius 3 is 2.36 bits per heavy atom. The number of fused-ring (bicyclic) bond motifs is 5. The molecule has 202 valence electrons. The zero-order chi connectivity index (χ0) is 25.7. The molecule has 36 heavy (non-hydrogen) atoms. The Kier molecular flexibility index (Phi) is 7.39. The fourth-order valence-corrected chi connectivity index (χ4v) is 10.9. The van der Waals surface area contributed by atoms with Crippen molar-refractivity contribution in [2.75, 3.05) is 6.54 Å². The third-order valence-electron chi connectivity index (χ3n) is 11.7. The summed E-state index contributed by atoms with van der Waals surface area (Å²) in [4.78, 5) is 0.329. The van der Waals surface area contributed by atoms with Crippen molar-refractivity contribution in [2.45, 2.75) is 102 Å². The lowest BCUT2D eigenvalue weighted by Gasteiger charge is -2.64. The summed E-state index contributed by atoms with van der Waals surface area (Å²) in [6, 6.07) is 8.62. The zero-order valence-electron chi connectivity index (χ0n) is 22.4. The first-order chi connectivity index (χ1) is 17.1. The maximum atomic E-state index is 12.6. The maximum Gasteiger partial charge on any atom is 0.240 e. The van der Waals surface area contributed by atoms with E-state index in [1.54, 1.807) is 24.3 Å². The van der Waals surface area contributed by atoms with Crippen LogP contribution in [-0.4, -0.2) is 37.4 Å². The van der Waals surface area contributed by atoms with E-state index in [1.807, 2.05) is 6.07 Å². The Bertz CT molecular complexity index is 1020. The number of rotatable bonds is 7. The van der Waals surface area contributed by atoms with Gasteiger partial charge in [-0.2, -0.15) is 0 Å². The Labute approximate surface area is 218 Å². The molecule has 0 amide bonds. The third kappa shape index (κ3) is 4.38. The summed E-state index contributed by atoms with van der Waals surface area (Å²) in [7, 11) is -3.45. The monoisotopic (exact) mass is 517 g/mol. The second-order valence-electron chi connectivity index (χ2n) is 13.1. The lowest BCUT2D eigenvalue weighted by molar-refractivity contribution is -0.202.